The molecule has 0 unspecified atom stereocenters. The molecule has 0 radical (unpaired) electrons. The van der Waals surface area contributed by atoms with E-state index >= 15 is 0 Å². The second-order valence-electron chi connectivity index (χ2n) is 7.90. The Hall–Kier alpha value is -4.23. The molecule has 0 saturated heterocycles. The van der Waals surface area contributed by atoms with Gasteiger partial charge in [0, 0.05) is 4.47 Å². The molecular formula is C28H19BrO6. The lowest BCUT2D eigenvalue weighted by Crippen LogP contribution is -2.31. The summed E-state index contributed by atoms with van der Waals surface area (Å²) < 4.78 is 0.860. The molecule has 0 aliphatic carbocycles. The summed E-state index contributed by atoms with van der Waals surface area (Å²) in [5, 5.41) is 28.2. The van der Waals surface area contributed by atoms with E-state index in [0.29, 0.717) is 0 Å². The predicted octanol–water partition coefficient (Wildman–Crippen LogP) is 5.93. The molecule has 0 aromatic heterocycles. The lowest BCUT2D eigenvalue weighted by atomic mass is 9.65. The van der Waals surface area contributed by atoms with Crippen LogP contribution in [0.2, 0.25) is 0 Å². The topological polar surface area (TPSA) is 112 Å². The van der Waals surface area contributed by atoms with Crippen molar-refractivity contribution < 1.29 is 29.7 Å². The van der Waals surface area contributed by atoms with E-state index in [1.54, 1.807) is 36.4 Å². The van der Waals surface area contributed by atoms with Crippen molar-refractivity contribution in [2.24, 2.45) is 0 Å². The maximum Gasteiger partial charge on any atom is 0.335 e. The first kappa shape index (κ1) is 23.9. The first-order valence-electron chi connectivity index (χ1n) is 10.5. The molecule has 0 spiro atoms. The Morgan fingerprint density at radius 3 is 0.914 bits per heavy atom. The van der Waals surface area contributed by atoms with Crippen molar-refractivity contribution in [2.75, 3.05) is 0 Å². The fourth-order valence-corrected chi connectivity index (χ4v) is 4.55. The molecule has 0 saturated carbocycles. The molecule has 4 aromatic carbocycles. The van der Waals surface area contributed by atoms with Crippen molar-refractivity contribution in [3.05, 3.63) is 140 Å². The van der Waals surface area contributed by atoms with Crippen LogP contribution >= 0.6 is 15.9 Å². The standard InChI is InChI=1S/C28H19BrO6/c29-24-15-13-23(14-16-24)28(20-7-1-17(2-8-20)25(30)31,21-9-3-18(4-10-21)26(32)33)22-11-5-19(6-12-22)27(34)35/h1-16H,(H,30,31)(H,32,33)(H,34,35). The number of halogens is 1. The summed E-state index contributed by atoms with van der Waals surface area (Å²) in [4.78, 5) is 34.5. The lowest BCUT2D eigenvalue weighted by molar-refractivity contribution is 0.0686. The first-order chi connectivity index (χ1) is 16.7. The molecule has 6 nitrogen and oxygen atoms in total. The molecule has 0 aliphatic heterocycles. The van der Waals surface area contributed by atoms with Gasteiger partial charge in [0.1, 0.15) is 0 Å². The van der Waals surface area contributed by atoms with Crippen LogP contribution in [0.4, 0.5) is 0 Å². The zero-order valence-corrected chi connectivity index (χ0v) is 19.8. The van der Waals surface area contributed by atoms with E-state index < -0.39 is 23.3 Å². The highest BCUT2D eigenvalue weighted by Gasteiger charge is 2.38. The van der Waals surface area contributed by atoms with Crippen LogP contribution in [0.15, 0.2) is 102 Å². The van der Waals surface area contributed by atoms with Crippen molar-refractivity contribution in [3.63, 3.8) is 0 Å². The molecule has 4 rings (SSSR count). The zero-order valence-electron chi connectivity index (χ0n) is 18.2. The van der Waals surface area contributed by atoms with Gasteiger partial charge in [-0.15, -0.1) is 0 Å². The average molecular weight is 531 g/mol. The van der Waals surface area contributed by atoms with Gasteiger partial charge in [-0.3, -0.25) is 0 Å². The highest BCUT2D eigenvalue weighted by Crippen LogP contribution is 2.45. The first-order valence-corrected chi connectivity index (χ1v) is 11.3. The summed E-state index contributed by atoms with van der Waals surface area (Å²) in [5.74, 6) is -3.16. The van der Waals surface area contributed by atoms with Crippen molar-refractivity contribution >= 4 is 33.8 Å². The predicted molar refractivity (Wildman–Crippen MR) is 133 cm³/mol. The van der Waals surface area contributed by atoms with Crippen molar-refractivity contribution in [3.8, 4) is 0 Å². The molecule has 0 fully saturated rings. The number of carboxylic acids is 3. The second-order valence-corrected chi connectivity index (χ2v) is 8.82. The van der Waals surface area contributed by atoms with Gasteiger partial charge in [0.15, 0.2) is 0 Å². The molecular weight excluding hydrogens is 512 g/mol. The molecule has 3 N–H and O–H groups in total. The van der Waals surface area contributed by atoms with Crippen molar-refractivity contribution in [1.82, 2.24) is 0 Å². The maximum absolute atomic E-state index is 11.5. The molecule has 174 valence electrons. The van der Waals surface area contributed by atoms with Crippen molar-refractivity contribution in [1.29, 1.82) is 0 Å². The van der Waals surface area contributed by atoms with E-state index in [9.17, 15) is 29.7 Å². The van der Waals surface area contributed by atoms with Crippen LogP contribution in [0, 0.1) is 0 Å². The van der Waals surface area contributed by atoms with E-state index in [-0.39, 0.29) is 16.7 Å². The van der Waals surface area contributed by atoms with Crippen LogP contribution < -0.4 is 0 Å². The van der Waals surface area contributed by atoms with Gasteiger partial charge in [-0.2, -0.15) is 0 Å². The van der Waals surface area contributed by atoms with Crippen LogP contribution in [0.3, 0.4) is 0 Å². The number of carbonyl (C=O) groups is 3. The molecule has 7 heteroatoms. The van der Waals surface area contributed by atoms with E-state index in [0.717, 1.165) is 26.7 Å². The van der Waals surface area contributed by atoms with E-state index in [1.807, 2.05) is 24.3 Å². The molecule has 0 bridgehead atoms. The summed E-state index contributed by atoms with van der Waals surface area (Å²) in [7, 11) is 0. The van der Waals surface area contributed by atoms with Crippen LogP contribution in [0.5, 0.6) is 0 Å². The molecule has 35 heavy (non-hydrogen) atoms. The number of hydrogen-bond donors (Lipinski definition) is 3. The number of benzene rings is 4. The van der Waals surface area contributed by atoms with Crippen LogP contribution in [-0.4, -0.2) is 33.2 Å². The van der Waals surface area contributed by atoms with Gasteiger partial charge in [-0.1, -0.05) is 64.5 Å². The molecule has 0 heterocycles. The van der Waals surface area contributed by atoms with Gasteiger partial charge >= 0.3 is 17.9 Å². The fraction of sp³-hybridized carbons (Fsp3) is 0.0357. The SMILES string of the molecule is O=C(O)c1ccc(C(c2ccc(Br)cc2)(c2ccc(C(=O)O)cc2)c2ccc(C(=O)O)cc2)cc1. The quantitative estimate of drug-likeness (QED) is 0.255. The fourth-order valence-electron chi connectivity index (χ4n) is 4.29. The maximum atomic E-state index is 11.5. The normalized spacial score (nSPS) is 11.1. The Labute approximate surface area is 209 Å². The number of hydrogen-bond acceptors (Lipinski definition) is 3. The summed E-state index contributed by atoms with van der Waals surface area (Å²) in [6.45, 7) is 0. The molecule has 4 aromatic rings. The zero-order chi connectivity index (χ0) is 25.2. The number of rotatable bonds is 7. The summed E-state index contributed by atoms with van der Waals surface area (Å²) in [6, 6.07) is 27.0. The Morgan fingerprint density at radius 1 is 0.457 bits per heavy atom. The highest BCUT2D eigenvalue weighted by atomic mass is 79.9. The minimum atomic E-state index is -1.05. The largest absolute Gasteiger partial charge is 0.478 e. The monoisotopic (exact) mass is 530 g/mol. The summed E-state index contributed by atoms with van der Waals surface area (Å²) in [6.07, 6.45) is 0. The average Bonchev–Trinajstić information content (AvgIpc) is 2.86. The minimum absolute atomic E-state index is 0.126. The molecule has 0 aliphatic rings. The van der Waals surface area contributed by atoms with Gasteiger partial charge < -0.3 is 15.3 Å². The Morgan fingerprint density at radius 2 is 0.686 bits per heavy atom. The highest BCUT2D eigenvalue weighted by molar-refractivity contribution is 9.10. The third-order valence-electron chi connectivity index (χ3n) is 5.97. The Bertz CT molecular complexity index is 1250. The molecule has 0 atom stereocenters. The third kappa shape index (κ3) is 4.46. The van der Waals surface area contributed by atoms with Gasteiger partial charge in [0.2, 0.25) is 0 Å². The van der Waals surface area contributed by atoms with Crippen LogP contribution in [0.25, 0.3) is 0 Å². The minimum Gasteiger partial charge on any atom is -0.478 e. The van der Waals surface area contributed by atoms with Crippen LogP contribution in [-0.2, 0) is 5.41 Å². The summed E-state index contributed by atoms with van der Waals surface area (Å²) in [5.41, 5.74) is 2.41. The molecule has 0 amide bonds. The van der Waals surface area contributed by atoms with E-state index in [1.165, 1.54) is 36.4 Å². The van der Waals surface area contributed by atoms with Crippen LogP contribution in [0.1, 0.15) is 53.3 Å². The Kier molecular flexibility index (Phi) is 6.53. The van der Waals surface area contributed by atoms with E-state index in [4.69, 9.17) is 0 Å². The van der Waals surface area contributed by atoms with Crippen molar-refractivity contribution in [2.45, 2.75) is 5.41 Å². The van der Waals surface area contributed by atoms with Gasteiger partial charge in [0.05, 0.1) is 22.1 Å². The third-order valence-corrected chi connectivity index (χ3v) is 6.50. The number of aromatic carboxylic acids is 3. The Balaban J connectivity index is 2.08. The summed E-state index contributed by atoms with van der Waals surface area (Å²) >= 11 is 3.46. The van der Waals surface area contributed by atoms with Gasteiger partial charge in [0.25, 0.3) is 0 Å². The van der Waals surface area contributed by atoms with Gasteiger partial charge in [-0.05, 0) is 70.8 Å². The van der Waals surface area contributed by atoms with Gasteiger partial charge in [-0.25, -0.2) is 14.4 Å². The second kappa shape index (κ2) is 9.56. The lowest BCUT2D eigenvalue weighted by Gasteiger charge is -2.37. The number of carboxylic acid groups (broad SMARTS) is 3. The van der Waals surface area contributed by atoms with E-state index in [2.05, 4.69) is 15.9 Å². The smallest absolute Gasteiger partial charge is 0.335 e.